The first-order valence-corrected chi connectivity index (χ1v) is 11.1. The van der Waals surface area contributed by atoms with Crippen LogP contribution in [0.15, 0.2) is 48.5 Å². The molecule has 0 unspecified atom stereocenters. The summed E-state index contributed by atoms with van der Waals surface area (Å²) in [6.07, 6.45) is 8.91. The van der Waals surface area contributed by atoms with Crippen LogP contribution in [0.5, 0.6) is 0 Å². The highest BCUT2D eigenvalue weighted by atomic mass is 35.5. The third-order valence-electron chi connectivity index (χ3n) is 6.83. The van der Waals surface area contributed by atoms with Crippen molar-refractivity contribution in [1.82, 2.24) is 0 Å². The lowest BCUT2D eigenvalue weighted by molar-refractivity contribution is 0.624. The number of hydrogen-bond donors (Lipinski definition) is 0. The lowest BCUT2D eigenvalue weighted by Crippen LogP contribution is -2.24. The maximum atomic E-state index is 6.38. The van der Waals surface area contributed by atoms with Gasteiger partial charge in [-0.1, -0.05) is 87.3 Å². The number of fused-ring (bicyclic) bond motifs is 4. The molecule has 0 spiro atoms. The average molecular weight is 431 g/mol. The Morgan fingerprint density at radius 2 is 0.900 bits per heavy atom. The van der Waals surface area contributed by atoms with Crippen LogP contribution < -0.4 is 0 Å². The third-order valence-corrected chi connectivity index (χ3v) is 7.30. The van der Waals surface area contributed by atoms with Crippen molar-refractivity contribution >= 4 is 47.5 Å². The molecule has 0 N–H and O–H groups in total. The smallest absolute Gasteiger partial charge is 0.0412 e. The summed E-state index contributed by atoms with van der Waals surface area (Å²) in [4.78, 5) is 0. The van der Waals surface area contributed by atoms with Crippen molar-refractivity contribution in [2.75, 3.05) is 0 Å². The van der Waals surface area contributed by atoms with Gasteiger partial charge in [0, 0.05) is 20.9 Å². The highest BCUT2D eigenvalue weighted by Gasteiger charge is 2.34. The molecule has 0 fully saturated rings. The fourth-order valence-corrected chi connectivity index (χ4v) is 5.45. The molecular weight excluding hydrogens is 407 g/mol. The molecule has 30 heavy (non-hydrogen) atoms. The van der Waals surface area contributed by atoms with E-state index >= 15 is 0 Å². The van der Waals surface area contributed by atoms with Crippen LogP contribution in [0.1, 0.15) is 72.2 Å². The van der Waals surface area contributed by atoms with Crippen molar-refractivity contribution in [2.24, 2.45) is 0 Å². The SMILES string of the molecule is CC1(C)c2ccc(Cl)cc2C=Cc2cc3c(cc21)C=Cc1ccc(Cl)cc1C3(C)C. The maximum absolute atomic E-state index is 6.38. The van der Waals surface area contributed by atoms with E-state index in [0.717, 1.165) is 10.0 Å². The van der Waals surface area contributed by atoms with Crippen LogP contribution in [0, 0.1) is 0 Å². The van der Waals surface area contributed by atoms with Gasteiger partial charge in [0.2, 0.25) is 0 Å². The monoisotopic (exact) mass is 430 g/mol. The summed E-state index contributed by atoms with van der Waals surface area (Å²) in [5.41, 5.74) is 9.87. The lowest BCUT2D eigenvalue weighted by Gasteiger charge is -2.32. The van der Waals surface area contributed by atoms with E-state index in [4.69, 9.17) is 23.2 Å². The largest absolute Gasteiger partial charge is 0.0843 e. The van der Waals surface area contributed by atoms with E-state index < -0.39 is 0 Å². The van der Waals surface area contributed by atoms with Crippen molar-refractivity contribution in [3.05, 3.63) is 103 Å². The van der Waals surface area contributed by atoms with E-state index in [-0.39, 0.29) is 10.8 Å². The molecule has 2 heteroatoms. The van der Waals surface area contributed by atoms with Crippen LogP contribution in [0.3, 0.4) is 0 Å². The molecular formula is C28H24Cl2. The number of hydrogen-bond acceptors (Lipinski definition) is 0. The zero-order chi connectivity index (χ0) is 21.3. The Balaban J connectivity index is 1.78. The van der Waals surface area contributed by atoms with Crippen molar-refractivity contribution in [1.29, 1.82) is 0 Å². The standard InChI is InChI=1S/C28H24Cl2/c1-27(2)23-12-11-21(29)13-18(23)7-8-20-15-25-19(14-24(20)27)6-5-17-9-10-22(30)16-26(17)28(25,3)4/h5-16H,1-4H3. The number of benzene rings is 3. The fourth-order valence-electron chi connectivity index (χ4n) is 5.10. The number of rotatable bonds is 0. The molecule has 5 rings (SSSR count). The van der Waals surface area contributed by atoms with Gasteiger partial charge in [0.05, 0.1) is 0 Å². The Morgan fingerprint density at radius 3 is 1.53 bits per heavy atom. The second-order valence-corrected chi connectivity index (χ2v) is 10.3. The Labute approximate surface area is 188 Å². The fraction of sp³-hybridized carbons (Fsp3) is 0.214. The van der Waals surface area contributed by atoms with Crippen molar-refractivity contribution in [2.45, 2.75) is 38.5 Å². The Bertz CT molecular complexity index is 1260. The van der Waals surface area contributed by atoms with Crippen molar-refractivity contribution < 1.29 is 0 Å². The Kier molecular flexibility index (Phi) is 4.33. The molecule has 0 nitrogen and oxygen atoms in total. The van der Waals surface area contributed by atoms with Crippen LogP contribution in [-0.4, -0.2) is 0 Å². The highest BCUT2D eigenvalue weighted by molar-refractivity contribution is 6.31. The first kappa shape index (κ1) is 19.7. The van der Waals surface area contributed by atoms with Crippen molar-refractivity contribution in [3.8, 4) is 0 Å². The zero-order valence-electron chi connectivity index (χ0n) is 17.7. The van der Waals surface area contributed by atoms with Gasteiger partial charge in [0.25, 0.3) is 0 Å². The second-order valence-electron chi connectivity index (χ2n) is 9.41. The number of halogens is 2. The van der Waals surface area contributed by atoms with E-state index in [1.807, 2.05) is 12.1 Å². The molecule has 0 atom stereocenters. The summed E-state index contributed by atoms with van der Waals surface area (Å²) in [5.74, 6) is 0. The van der Waals surface area contributed by atoms with Gasteiger partial charge in [0.15, 0.2) is 0 Å². The van der Waals surface area contributed by atoms with Gasteiger partial charge in [-0.2, -0.15) is 0 Å². The van der Waals surface area contributed by atoms with E-state index in [2.05, 4.69) is 88.4 Å². The normalized spacial score (nSPS) is 17.3. The molecule has 150 valence electrons. The minimum absolute atomic E-state index is 0.131. The summed E-state index contributed by atoms with van der Waals surface area (Å²) in [5, 5.41) is 1.55. The van der Waals surface area contributed by atoms with Crippen LogP contribution in [0.4, 0.5) is 0 Å². The molecule has 3 aromatic carbocycles. The Morgan fingerprint density at radius 1 is 0.467 bits per heavy atom. The van der Waals surface area contributed by atoms with Gasteiger partial charge in [-0.3, -0.25) is 0 Å². The highest BCUT2D eigenvalue weighted by Crippen LogP contribution is 2.46. The quantitative estimate of drug-likeness (QED) is 0.334. The molecule has 0 aliphatic heterocycles. The molecule has 0 saturated heterocycles. The topological polar surface area (TPSA) is 0 Å². The van der Waals surface area contributed by atoms with Gasteiger partial charge in [-0.25, -0.2) is 0 Å². The van der Waals surface area contributed by atoms with Gasteiger partial charge in [-0.05, 0) is 80.9 Å². The van der Waals surface area contributed by atoms with Gasteiger partial charge < -0.3 is 0 Å². The van der Waals surface area contributed by atoms with Crippen LogP contribution in [0.25, 0.3) is 24.3 Å². The summed E-state index contributed by atoms with van der Waals surface area (Å²) in [6.45, 7) is 9.19. The summed E-state index contributed by atoms with van der Waals surface area (Å²) < 4.78 is 0. The molecule has 2 aliphatic rings. The average Bonchev–Trinajstić information content (AvgIpc) is 2.87. The summed E-state index contributed by atoms with van der Waals surface area (Å²) in [6, 6.07) is 17.2. The van der Waals surface area contributed by atoms with Crippen LogP contribution in [-0.2, 0) is 10.8 Å². The van der Waals surface area contributed by atoms with Gasteiger partial charge >= 0.3 is 0 Å². The predicted molar refractivity (Wildman–Crippen MR) is 131 cm³/mol. The molecule has 0 radical (unpaired) electrons. The lowest BCUT2D eigenvalue weighted by atomic mass is 9.71. The molecule has 0 amide bonds. The minimum atomic E-state index is -0.158. The van der Waals surface area contributed by atoms with Crippen molar-refractivity contribution in [3.63, 3.8) is 0 Å². The van der Waals surface area contributed by atoms with E-state index in [1.54, 1.807) is 0 Å². The zero-order valence-corrected chi connectivity index (χ0v) is 19.2. The van der Waals surface area contributed by atoms with Gasteiger partial charge in [-0.15, -0.1) is 0 Å². The molecule has 3 aromatic rings. The van der Waals surface area contributed by atoms with E-state index in [0.29, 0.717) is 0 Å². The second kappa shape index (κ2) is 6.61. The van der Waals surface area contributed by atoms with E-state index in [1.165, 1.54) is 44.5 Å². The maximum Gasteiger partial charge on any atom is 0.0412 e. The molecule has 0 saturated carbocycles. The first-order valence-electron chi connectivity index (χ1n) is 10.3. The predicted octanol–water partition coefficient (Wildman–Crippen LogP) is 8.61. The summed E-state index contributed by atoms with van der Waals surface area (Å²) >= 11 is 12.7. The third kappa shape index (κ3) is 2.89. The van der Waals surface area contributed by atoms with Gasteiger partial charge in [0.1, 0.15) is 0 Å². The molecule has 2 aliphatic carbocycles. The van der Waals surface area contributed by atoms with Crippen LogP contribution >= 0.6 is 23.2 Å². The molecule has 0 heterocycles. The summed E-state index contributed by atoms with van der Waals surface area (Å²) in [7, 11) is 0. The Hall–Kier alpha value is -2.28. The first-order chi connectivity index (χ1) is 14.2. The minimum Gasteiger partial charge on any atom is -0.0843 e. The molecule has 0 aromatic heterocycles. The molecule has 0 bridgehead atoms. The van der Waals surface area contributed by atoms with E-state index in [9.17, 15) is 0 Å². The van der Waals surface area contributed by atoms with Crippen LogP contribution in [0.2, 0.25) is 10.0 Å².